The van der Waals surface area contributed by atoms with E-state index in [0.29, 0.717) is 12.1 Å². The highest BCUT2D eigenvalue weighted by Gasteiger charge is 2.32. The summed E-state index contributed by atoms with van der Waals surface area (Å²) in [6.45, 7) is 3.84. The third kappa shape index (κ3) is 3.22. The molecular formula is C15H23N3O2S. The average Bonchev–Trinajstić information content (AvgIpc) is 3.16. The standard InChI is InChI=1S/C15H23N3O2S/c1-20-13-8-14(21-10-13)15(19)18-7-4-12(9-18)17-5-2-11(16)3-6-17/h8,10-12H,2-7,9,16H2,1H3. The summed E-state index contributed by atoms with van der Waals surface area (Å²) in [4.78, 5) is 17.8. The van der Waals surface area contributed by atoms with Gasteiger partial charge in [-0.25, -0.2) is 0 Å². The lowest BCUT2D eigenvalue weighted by Gasteiger charge is -2.34. The van der Waals surface area contributed by atoms with Gasteiger partial charge >= 0.3 is 0 Å². The van der Waals surface area contributed by atoms with E-state index in [-0.39, 0.29) is 5.91 Å². The highest BCUT2D eigenvalue weighted by Crippen LogP contribution is 2.26. The van der Waals surface area contributed by atoms with Crippen LogP contribution in [0.5, 0.6) is 5.75 Å². The van der Waals surface area contributed by atoms with Crippen molar-refractivity contribution in [1.29, 1.82) is 0 Å². The van der Waals surface area contributed by atoms with Crippen molar-refractivity contribution < 1.29 is 9.53 Å². The van der Waals surface area contributed by atoms with Crippen LogP contribution in [-0.4, -0.2) is 61.1 Å². The zero-order chi connectivity index (χ0) is 14.8. The Morgan fingerprint density at radius 3 is 2.76 bits per heavy atom. The summed E-state index contributed by atoms with van der Waals surface area (Å²) in [6, 6.07) is 2.70. The molecule has 1 aromatic heterocycles. The largest absolute Gasteiger partial charge is 0.496 e. The number of carbonyl (C=O) groups is 1. The molecule has 1 amide bonds. The fourth-order valence-corrected chi connectivity index (χ4v) is 4.02. The molecule has 3 rings (SSSR count). The number of hydrogen-bond acceptors (Lipinski definition) is 5. The van der Waals surface area contributed by atoms with E-state index in [9.17, 15) is 4.79 Å². The van der Waals surface area contributed by atoms with Crippen LogP contribution in [0.15, 0.2) is 11.4 Å². The van der Waals surface area contributed by atoms with Crippen LogP contribution in [0, 0.1) is 0 Å². The Hall–Kier alpha value is -1.11. The van der Waals surface area contributed by atoms with Gasteiger partial charge in [-0.05, 0) is 32.4 Å². The van der Waals surface area contributed by atoms with Crippen LogP contribution >= 0.6 is 11.3 Å². The maximum absolute atomic E-state index is 12.5. The molecular weight excluding hydrogens is 286 g/mol. The average molecular weight is 309 g/mol. The Labute approximate surface area is 129 Å². The second-order valence-corrected chi connectivity index (χ2v) is 6.83. The molecule has 0 bridgehead atoms. The molecule has 116 valence electrons. The first-order chi connectivity index (χ1) is 10.2. The van der Waals surface area contributed by atoms with E-state index in [1.54, 1.807) is 7.11 Å². The van der Waals surface area contributed by atoms with Crippen molar-refractivity contribution in [2.75, 3.05) is 33.3 Å². The van der Waals surface area contributed by atoms with E-state index in [2.05, 4.69) is 4.90 Å². The van der Waals surface area contributed by atoms with Crippen LogP contribution in [0.1, 0.15) is 28.9 Å². The fourth-order valence-electron chi connectivity index (χ4n) is 3.20. The van der Waals surface area contributed by atoms with E-state index < -0.39 is 0 Å². The predicted molar refractivity (Wildman–Crippen MR) is 84.0 cm³/mol. The summed E-state index contributed by atoms with van der Waals surface area (Å²) in [7, 11) is 1.63. The minimum absolute atomic E-state index is 0.138. The summed E-state index contributed by atoms with van der Waals surface area (Å²) < 4.78 is 5.15. The van der Waals surface area contributed by atoms with Gasteiger partial charge in [-0.3, -0.25) is 9.69 Å². The third-order valence-electron chi connectivity index (χ3n) is 4.56. The molecule has 6 heteroatoms. The number of likely N-dealkylation sites (tertiary alicyclic amines) is 2. The second kappa shape index (κ2) is 6.34. The Kier molecular flexibility index (Phi) is 4.47. The van der Waals surface area contributed by atoms with Crippen LogP contribution in [-0.2, 0) is 0 Å². The van der Waals surface area contributed by atoms with Crippen molar-refractivity contribution in [2.24, 2.45) is 5.73 Å². The zero-order valence-electron chi connectivity index (χ0n) is 12.5. The molecule has 2 aliphatic rings. The first-order valence-electron chi connectivity index (χ1n) is 7.59. The molecule has 1 atom stereocenters. The minimum Gasteiger partial charge on any atom is -0.496 e. The maximum atomic E-state index is 12.5. The van der Waals surface area contributed by atoms with Crippen molar-refractivity contribution in [2.45, 2.75) is 31.3 Å². The minimum atomic E-state index is 0.138. The number of rotatable bonds is 3. The topological polar surface area (TPSA) is 58.8 Å². The van der Waals surface area contributed by atoms with Gasteiger partial charge in [0.2, 0.25) is 0 Å². The van der Waals surface area contributed by atoms with Crippen molar-refractivity contribution >= 4 is 17.2 Å². The number of nitrogens with zero attached hydrogens (tertiary/aromatic N) is 2. The Balaban J connectivity index is 1.57. The zero-order valence-corrected chi connectivity index (χ0v) is 13.3. The van der Waals surface area contributed by atoms with Crippen LogP contribution in [0.25, 0.3) is 0 Å². The van der Waals surface area contributed by atoms with E-state index in [0.717, 1.165) is 56.1 Å². The highest BCUT2D eigenvalue weighted by molar-refractivity contribution is 7.12. The highest BCUT2D eigenvalue weighted by atomic mass is 32.1. The lowest BCUT2D eigenvalue weighted by atomic mass is 10.0. The summed E-state index contributed by atoms with van der Waals surface area (Å²) in [5.41, 5.74) is 5.96. The molecule has 1 unspecified atom stereocenters. The second-order valence-electron chi connectivity index (χ2n) is 5.92. The molecule has 2 fully saturated rings. The van der Waals surface area contributed by atoms with Crippen molar-refractivity contribution in [1.82, 2.24) is 9.80 Å². The van der Waals surface area contributed by atoms with Gasteiger partial charge in [0, 0.05) is 36.6 Å². The van der Waals surface area contributed by atoms with E-state index in [1.807, 2.05) is 16.3 Å². The Morgan fingerprint density at radius 2 is 2.10 bits per heavy atom. The first kappa shape index (κ1) is 14.8. The van der Waals surface area contributed by atoms with E-state index in [1.165, 1.54) is 11.3 Å². The van der Waals surface area contributed by atoms with Crippen LogP contribution < -0.4 is 10.5 Å². The first-order valence-corrected chi connectivity index (χ1v) is 8.47. The number of piperidine rings is 1. The molecule has 0 saturated carbocycles. The quantitative estimate of drug-likeness (QED) is 0.917. The van der Waals surface area contributed by atoms with Crippen molar-refractivity contribution in [3.63, 3.8) is 0 Å². The van der Waals surface area contributed by atoms with Gasteiger partial charge in [0.15, 0.2) is 0 Å². The monoisotopic (exact) mass is 309 g/mol. The summed E-state index contributed by atoms with van der Waals surface area (Å²) in [5.74, 6) is 0.906. The number of hydrogen-bond donors (Lipinski definition) is 1. The molecule has 2 saturated heterocycles. The number of carbonyl (C=O) groups excluding carboxylic acids is 1. The molecule has 0 spiro atoms. The van der Waals surface area contributed by atoms with Crippen LogP contribution in [0.4, 0.5) is 0 Å². The van der Waals surface area contributed by atoms with Gasteiger partial charge in [0.25, 0.3) is 5.91 Å². The molecule has 0 aliphatic carbocycles. The maximum Gasteiger partial charge on any atom is 0.264 e. The normalized spacial score (nSPS) is 24.5. The van der Waals surface area contributed by atoms with Gasteiger partial charge in [-0.1, -0.05) is 0 Å². The van der Waals surface area contributed by atoms with E-state index in [4.69, 9.17) is 10.5 Å². The SMILES string of the molecule is COc1csc(C(=O)N2CCC(N3CCC(N)CC3)C2)c1. The van der Waals surface area contributed by atoms with Crippen molar-refractivity contribution in [3.8, 4) is 5.75 Å². The summed E-state index contributed by atoms with van der Waals surface area (Å²) >= 11 is 1.46. The van der Waals surface area contributed by atoms with Gasteiger partial charge in [-0.15, -0.1) is 11.3 Å². The van der Waals surface area contributed by atoms with Crippen LogP contribution in [0.3, 0.4) is 0 Å². The van der Waals surface area contributed by atoms with E-state index >= 15 is 0 Å². The molecule has 2 aliphatic heterocycles. The Bertz CT molecular complexity index is 497. The number of ether oxygens (including phenoxy) is 1. The number of thiophene rings is 1. The third-order valence-corrected chi connectivity index (χ3v) is 5.46. The van der Waals surface area contributed by atoms with Crippen molar-refractivity contribution in [3.05, 3.63) is 16.3 Å². The molecule has 0 radical (unpaired) electrons. The lowest BCUT2D eigenvalue weighted by Crippen LogP contribution is -2.46. The lowest BCUT2D eigenvalue weighted by molar-refractivity contribution is 0.0774. The molecule has 5 nitrogen and oxygen atoms in total. The fraction of sp³-hybridized carbons (Fsp3) is 0.667. The summed E-state index contributed by atoms with van der Waals surface area (Å²) in [6.07, 6.45) is 3.22. The summed E-state index contributed by atoms with van der Waals surface area (Å²) in [5, 5.41) is 1.88. The molecule has 21 heavy (non-hydrogen) atoms. The Morgan fingerprint density at radius 1 is 1.33 bits per heavy atom. The number of nitrogens with two attached hydrogens (primary N) is 1. The molecule has 0 aromatic carbocycles. The van der Waals surface area contributed by atoms with Crippen LogP contribution in [0.2, 0.25) is 0 Å². The predicted octanol–water partition coefficient (Wildman–Crippen LogP) is 1.39. The smallest absolute Gasteiger partial charge is 0.264 e. The number of methoxy groups -OCH3 is 1. The van der Waals surface area contributed by atoms with Gasteiger partial charge in [0.05, 0.1) is 12.0 Å². The molecule has 3 heterocycles. The van der Waals surface area contributed by atoms with Gasteiger partial charge in [-0.2, -0.15) is 0 Å². The number of amides is 1. The van der Waals surface area contributed by atoms with Gasteiger partial charge in [0.1, 0.15) is 5.75 Å². The molecule has 2 N–H and O–H groups in total. The molecule has 1 aromatic rings. The van der Waals surface area contributed by atoms with Gasteiger partial charge < -0.3 is 15.4 Å².